The summed E-state index contributed by atoms with van der Waals surface area (Å²) in [5.74, 6) is 0.497. The highest BCUT2D eigenvalue weighted by molar-refractivity contribution is 5.62. The first-order valence-electron chi connectivity index (χ1n) is 8.79. The van der Waals surface area contributed by atoms with Gasteiger partial charge >= 0.3 is 0 Å². The number of hydrogen-bond acceptors (Lipinski definition) is 3. The maximum absolute atomic E-state index is 14.5. The van der Waals surface area contributed by atoms with Gasteiger partial charge in [-0.15, -0.1) is 0 Å². The molecule has 0 amide bonds. The number of nitrogens with one attached hydrogen (secondary N) is 2. The van der Waals surface area contributed by atoms with E-state index in [9.17, 15) is 4.39 Å². The van der Waals surface area contributed by atoms with Crippen LogP contribution in [0.15, 0.2) is 67.1 Å². The number of H-pyrrole nitrogens is 1. The molecule has 2 aromatic heterocycles. The Hall–Kier alpha value is -3.25. The Balaban J connectivity index is 1.43. The third-order valence-corrected chi connectivity index (χ3v) is 4.52. The van der Waals surface area contributed by atoms with Crippen LogP contribution in [-0.4, -0.2) is 19.7 Å². The van der Waals surface area contributed by atoms with Gasteiger partial charge in [0.05, 0.1) is 17.6 Å². The summed E-state index contributed by atoms with van der Waals surface area (Å²) in [6.45, 7) is 3.06. The summed E-state index contributed by atoms with van der Waals surface area (Å²) in [5.41, 5.74) is 4.57. The van der Waals surface area contributed by atoms with Gasteiger partial charge in [0.2, 0.25) is 0 Å². The lowest BCUT2D eigenvalue weighted by molar-refractivity contribution is 0.609. The van der Waals surface area contributed by atoms with E-state index in [1.54, 1.807) is 29.1 Å². The summed E-state index contributed by atoms with van der Waals surface area (Å²) in [7, 11) is 0. The van der Waals surface area contributed by atoms with Gasteiger partial charge in [0.1, 0.15) is 11.6 Å². The lowest BCUT2D eigenvalue weighted by Crippen LogP contribution is -2.13. The maximum Gasteiger partial charge on any atom is 0.147 e. The van der Waals surface area contributed by atoms with Crippen LogP contribution in [0.4, 0.5) is 4.39 Å². The van der Waals surface area contributed by atoms with Gasteiger partial charge in [-0.3, -0.25) is 5.10 Å². The normalized spacial score (nSPS) is 11.0. The number of aromatic nitrogens is 4. The average molecular weight is 361 g/mol. The van der Waals surface area contributed by atoms with Crippen molar-refractivity contribution in [2.24, 2.45) is 0 Å². The molecule has 5 nitrogen and oxygen atoms in total. The number of aromatic amines is 1. The van der Waals surface area contributed by atoms with E-state index in [0.29, 0.717) is 18.8 Å². The topological polar surface area (TPSA) is 58.5 Å². The van der Waals surface area contributed by atoms with Crippen molar-refractivity contribution in [1.29, 1.82) is 0 Å². The zero-order valence-electron chi connectivity index (χ0n) is 15.0. The molecule has 27 heavy (non-hydrogen) atoms. The summed E-state index contributed by atoms with van der Waals surface area (Å²) < 4.78 is 16.2. The molecule has 4 aromatic rings. The van der Waals surface area contributed by atoms with Crippen LogP contribution in [0.3, 0.4) is 0 Å². The van der Waals surface area contributed by atoms with E-state index in [0.717, 1.165) is 28.2 Å². The average Bonchev–Trinajstić information content (AvgIpc) is 3.32. The third kappa shape index (κ3) is 3.66. The first kappa shape index (κ1) is 17.2. The summed E-state index contributed by atoms with van der Waals surface area (Å²) >= 11 is 0. The van der Waals surface area contributed by atoms with E-state index in [1.165, 1.54) is 0 Å². The fraction of sp³-hybridized carbons (Fsp3) is 0.143. The van der Waals surface area contributed by atoms with Crippen LogP contribution in [0.5, 0.6) is 0 Å². The molecule has 0 aliphatic rings. The molecule has 0 aliphatic carbocycles. The third-order valence-electron chi connectivity index (χ3n) is 4.52. The van der Waals surface area contributed by atoms with Gasteiger partial charge in [-0.05, 0) is 30.2 Å². The molecule has 0 unspecified atom stereocenters. The van der Waals surface area contributed by atoms with E-state index in [1.807, 2.05) is 49.5 Å². The fourth-order valence-electron chi connectivity index (χ4n) is 3.13. The lowest BCUT2D eigenvalue weighted by atomic mass is 10.1. The molecule has 0 radical (unpaired) electrons. The molecule has 0 saturated carbocycles. The first-order chi connectivity index (χ1) is 13.2. The minimum Gasteiger partial charge on any atom is -0.308 e. The van der Waals surface area contributed by atoms with E-state index in [2.05, 4.69) is 20.5 Å². The number of nitrogens with zero attached hydrogens (tertiary/aromatic N) is 3. The summed E-state index contributed by atoms with van der Waals surface area (Å²) in [6.07, 6.45) is 5.25. The van der Waals surface area contributed by atoms with E-state index < -0.39 is 0 Å². The van der Waals surface area contributed by atoms with E-state index in [-0.39, 0.29) is 5.82 Å². The highest BCUT2D eigenvalue weighted by Gasteiger charge is 2.09. The lowest BCUT2D eigenvalue weighted by Gasteiger charge is -2.10. The van der Waals surface area contributed by atoms with Crippen molar-refractivity contribution in [3.8, 4) is 16.9 Å². The molecule has 0 aliphatic heterocycles. The number of rotatable bonds is 6. The second-order valence-electron chi connectivity index (χ2n) is 6.37. The molecule has 0 bridgehead atoms. The quantitative estimate of drug-likeness (QED) is 0.546. The number of aryl methyl sites for hydroxylation is 1. The number of halogens is 1. The first-order valence-corrected chi connectivity index (χ1v) is 8.79. The Morgan fingerprint density at radius 1 is 1.11 bits per heavy atom. The largest absolute Gasteiger partial charge is 0.308 e. The predicted octanol–water partition coefficient (Wildman–Crippen LogP) is 4.00. The van der Waals surface area contributed by atoms with Crippen LogP contribution in [0, 0.1) is 12.7 Å². The number of hydrogen-bond donors (Lipinski definition) is 2. The van der Waals surface area contributed by atoms with Crippen LogP contribution in [-0.2, 0) is 13.1 Å². The summed E-state index contributed by atoms with van der Waals surface area (Å²) in [6, 6.07) is 15.4. The van der Waals surface area contributed by atoms with Crippen LogP contribution in [0.25, 0.3) is 16.9 Å². The zero-order valence-corrected chi connectivity index (χ0v) is 15.0. The highest BCUT2D eigenvalue weighted by Crippen LogP contribution is 2.21. The zero-order chi connectivity index (χ0) is 18.6. The van der Waals surface area contributed by atoms with Gasteiger partial charge in [0, 0.05) is 31.0 Å². The van der Waals surface area contributed by atoms with E-state index in [4.69, 9.17) is 0 Å². The van der Waals surface area contributed by atoms with Crippen LogP contribution in [0.1, 0.15) is 17.0 Å². The van der Waals surface area contributed by atoms with Crippen molar-refractivity contribution in [3.05, 3.63) is 89.9 Å². The molecule has 0 fully saturated rings. The molecule has 4 rings (SSSR count). The van der Waals surface area contributed by atoms with Gasteiger partial charge in [-0.25, -0.2) is 9.37 Å². The van der Waals surface area contributed by atoms with Gasteiger partial charge in [0.25, 0.3) is 0 Å². The van der Waals surface area contributed by atoms with Crippen molar-refractivity contribution in [3.63, 3.8) is 0 Å². The molecule has 136 valence electrons. The van der Waals surface area contributed by atoms with Crippen molar-refractivity contribution >= 4 is 0 Å². The minimum absolute atomic E-state index is 0.260. The molecular weight excluding hydrogens is 341 g/mol. The van der Waals surface area contributed by atoms with E-state index >= 15 is 0 Å². The van der Waals surface area contributed by atoms with Crippen LogP contribution < -0.4 is 5.32 Å². The molecule has 2 N–H and O–H groups in total. The van der Waals surface area contributed by atoms with Crippen LogP contribution in [0.2, 0.25) is 0 Å². The molecular formula is C21H20FN5. The maximum atomic E-state index is 14.5. The smallest absolute Gasteiger partial charge is 0.147 e. The van der Waals surface area contributed by atoms with Crippen molar-refractivity contribution in [1.82, 2.24) is 25.1 Å². The summed E-state index contributed by atoms with van der Waals surface area (Å²) in [4.78, 5) is 4.14. The second kappa shape index (κ2) is 7.55. The Morgan fingerprint density at radius 3 is 2.70 bits per heavy atom. The monoisotopic (exact) mass is 361 g/mol. The second-order valence-corrected chi connectivity index (χ2v) is 6.37. The van der Waals surface area contributed by atoms with Crippen LogP contribution >= 0.6 is 0 Å². The molecule has 0 atom stereocenters. The Bertz CT molecular complexity index is 1040. The molecule has 0 spiro atoms. The highest BCUT2D eigenvalue weighted by atomic mass is 19.1. The van der Waals surface area contributed by atoms with Gasteiger partial charge in [-0.1, -0.05) is 36.4 Å². The number of benzene rings is 2. The number of imidazole rings is 1. The Kier molecular flexibility index (Phi) is 4.80. The fourth-order valence-corrected chi connectivity index (χ4v) is 3.13. The standard InChI is InChI=1S/C21H20FN5/c1-15-24-9-10-27(15)20-8-7-16(11-19(20)22)12-23-13-18-14-25-26-21(18)17-5-3-2-4-6-17/h2-11,14,23H,12-13H2,1H3,(H,25,26). The van der Waals surface area contributed by atoms with Gasteiger partial charge in [0.15, 0.2) is 0 Å². The molecule has 6 heteroatoms. The Labute approximate surface area is 156 Å². The molecule has 0 saturated heterocycles. The van der Waals surface area contributed by atoms with Gasteiger partial charge < -0.3 is 9.88 Å². The van der Waals surface area contributed by atoms with Gasteiger partial charge in [-0.2, -0.15) is 5.10 Å². The predicted molar refractivity (Wildman–Crippen MR) is 103 cm³/mol. The minimum atomic E-state index is -0.260. The Morgan fingerprint density at radius 2 is 1.96 bits per heavy atom. The van der Waals surface area contributed by atoms with Crippen molar-refractivity contribution in [2.75, 3.05) is 0 Å². The summed E-state index contributed by atoms with van der Waals surface area (Å²) in [5, 5.41) is 10.6. The molecule has 2 heterocycles. The van der Waals surface area contributed by atoms with Crippen molar-refractivity contribution in [2.45, 2.75) is 20.0 Å². The SMILES string of the molecule is Cc1nccn1-c1ccc(CNCc2cn[nH]c2-c2ccccc2)cc1F. The molecule has 2 aromatic carbocycles. The van der Waals surface area contributed by atoms with Crippen molar-refractivity contribution < 1.29 is 4.39 Å².